The molecule has 0 unspecified atom stereocenters. The van der Waals surface area contributed by atoms with Crippen molar-refractivity contribution in [2.75, 3.05) is 12.4 Å². The zero-order valence-corrected chi connectivity index (χ0v) is 15.9. The molecule has 1 N–H and O–H groups in total. The van der Waals surface area contributed by atoms with Crippen molar-refractivity contribution in [1.29, 1.82) is 0 Å². The second kappa shape index (κ2) is 9.38. The quantitative estimate of drug-likeness (QED) is 0.588. The van der Waals surface area contributed by atoms with Gasteiger partial charge in [-0.3, -0.25) is 9.59 Å². The van der Waals surface area contributed by atoms with Crippen LogP contribution in [0.25, 0.3) is 0 Å². The van der Waals surface area contributed by atoms with Crippen LogP contribution in [0, 0.1) is 19.7 Å². The van der Waals surface area contributed by atoms with Gasteiger partial charge in [0.1, 0.15) is 5.82 Å². The molecule has 0 radical (unpaired) electrons. The van der Waals surface area contributed by atoms with Gasteiger partial charge >= 0.3 is 5.97 Å². The van der Waals surface area contributed by atoms with E-state index in [0.717, 1.165) is 22.9 Å². The van der Waals surface area contributed by atoms with Crippen molar-refractivity contribution in [3.8, 4) is 0 Å². The number of nitrogens with one attached hydrogen (secondary N) is 1. The standard InChI is InChI=1S/C20H22FNO3S/c1-13-8-9-16(10-14(13)2)15(3)22-19(23)11-25-20(24)12-26-18-7-5-4-6-17(18)21/h4-10,15H,11-12H2,1-3H3,(H,22,23)/t15-/m0/s1. The van der Waals surface area contributed by atoms with E-state index in [4.69, 9.17) is 4.74 Å². The van der Waals surface area contributed by atoms with Crippen LogP contribution in [0.2, 0.25) is 0 Å². The Morgan fingerprint density at radius 1 is 1.15 bits per heavy atom. The molecule has 0 bridgehead atoms. The van der Waals surface area contributed by atoms with Crippen LogP contribution < -0.4 is 5.32 Å². The van der Waals surface area contributed by atoms with Crippen LogP contribution in [0.15, 0.2) is 47.4 Å². The number of esters is 1. The number of halogens is 1. The van der Waals surface area contributed by atoms with Crippen LogP contribution in [0.1, 0.15) is 29.7 Å². The fourth-order valence-corrected chi connectivity index (χ4v) is 3.02. The number of carbonyl (C=O) groups excluding carboxylic acids is 2. The van der Waals surface area contributed by atoms with Crippen molar-refractivity contribution in [3.05, 3.63) is 65.0 Å². The highest BCUT2D eigenvalue weighted by molar-refractivity contribution is 8.00. The molecule has 0 fully saturated rings. The molecule has 0 aliphatic carbocycles. The zero-order chi connectivity index (χ0) is 19.1. The van der Waals surface area contributed by atoms with Gasteiger partial charge in [0.2, 0.25) is 0 Å². The topological polar surface area (TPSA) is 55.4 Å². The summed E-state index contributed by atoms with van der Waals surface area (Å²) in [4.78, 5) is 24.1. The minimum atomic E-state index is -0.563. The van der Waals surface area contributed by atoms with E-state index in [-0.39, 0.29) is 30.1 Å². The van der Waals surface area contributed by atoms with Crippen LogP contribution >= 0.6 is 11.8 Å². The lowest BCUT2D eigenvalue weighted by atomic mass is 10.0. The monoisotopic (exact) mass is 375 g/mol. The highest BCUT2D eigenvalue weighted by Crippen LogP contribution is 2.21. The molecule has 138 valence electrons. The minimum Gasteiger partial charge on any atom is -0.455 e. The maximum Gasteiger partial charge on any atom is 0.316 e. The average Bonchev–Trinajstić information content (AvgIpc) is 2.61. The zero-order valence-electron chi connectivity index (χ0n) is 15.0. The maximum atomic E-state index is 13.5. The third-order valence-corrected chi connectivity index (χ3v) is 4.98. The summed E-state index contributed by atoms with van der Waals surface area (Å²) in [5.74, 6) is -1.38. The summed E-state index contributed by atoms with van der Waals surface area (Å²) in [6, 6.07) is 12.0. The molecule has 1 atom stereocenters. The molecule has 2 rings (SSSR count). The van der Waals surface area contributed by atoms with Gasteiger partial charge in [0.25, 0.3) is 5.91 Å². The van der Waals surface area contributed by atoms with Gasteiger partial charge in [-0.2, -0.15) is 0 Å². The Morgan fingerprint density at radius 3 is 2.58 bits per heavy atom. The van der Waals surface area contributed by atoms with E-state index in [1.807, 2.05) is 39.0 Å². The van der Waals surface area contributed by atoms with Crippen molar-refractivity contribution in [3.63, 3.8) is 0 Å². The Labute approximate surface area is 157 Å². The second-order valence-corrected chi connectivity index (χ2v) is 7.03. The van der Waals surface area contributed by atoms with E-state index in [1.54, 1.807) is 18.2 Å². The molecule has 2 aromatic rings. The summed E-state index contributed by atoms with van der Waals surface area (Å²) in [6.07, 6.45) is 0. The van der Waals surface area contributed by atoms with Crippen LogP contribution in [0.3, 0.4) is 0 Å². The molecule has 0 aliphatic rings. The third-order valence-electron chi connectivity index (χ3n) is 3.95. The normalized spacial score (nSPS) is 11.7. The number of aryl methyl sites for hydroxylation is 2. The number of carbonyl (C=O) groups is 2. The molecule has 0 saturated carbocycles. The third kappa shape index (κ3) is 5.88. The molecule has 6 heteroatoms. The molecular formula is C20H22FNO3S. The molecule has 0 aliphatic heterocycles. The first-order chi connectivity index (χ1) is 12.4. The number of thioether (sulfide) groups is 1. The smallest absolute Gasteiger partial charge is 0.316 e. The van der Waals surface area contributed by atoms with Gasteiger partial charge in [0.15, 0.2) is 6.61 Å². The van der Waals surface area contributed by atoms with Crippen LogP contribution in [0.5, 0.6) is 0 Å². The van der Waals surface area contributed by atoms with E-state index in [2.05, 4.69) is 5.32 Å². The van der Waals surface area contributed by atoms with Gasteiger partial charge in [-0.1, -0.05) is 30.3 Å². The van der Waals surface area contributed by atoms with Gasteiger partial charge in [0.05, 0.1) is 11.8 Å². The van der Waals surface area contributed by atoms with Gasteiger partial charge in [-0.05, 0) is 49.6 Å². The molecular weight excluding hydrogens is 353 g/mol. The van der Waals surface area contributed by atoms with Crippen molar-refractivity contribution in [2.24, 2.45) is 0 Å². The van der Waals surface area contributed by atoms with Crippen molar-refractivity contribution in [2.45, 2.75) is 31.7 Å². The molecule has 4 nitrogen and oxygen atoms in total. The predicted molar refractivity (Wildman–Crippen MR) is 101 cm³/mol. The van der Waals surface area contributed by atoms with Gasteiger partial charge < -0.3 is 10.1 Å². The lowest BCUT2D eigenvalue weighted by Gasteiger charge is -2.15. The Kier molecular flexibility index (Phi) is 7.21. The molecule has 2 aromatic carbocycles. The van der Waals surface area contributed by atoms with E-state index in [0.29, 0.717) is 4.90 Å². The summed E-state index contributed by atoms with van der Waals surface area (Å²) in [6.45, 7) is 5.56. The summed E-state index contributed by atoms with van der Waals surface area (Å²) in [5.41, 5.74) is 3.33. The predicted octanol–water partition coefficient (Wildman–Crippen LogP) is 3.96. The van der Waals surface area contributed by atoms with E-state index < -0.39 is 5.97 Å². The highest BCUT2D eigenvalue weighted by atomic mass is 32.2. The van der Waals surface area contributed by atoms with Crippen molar-refractivity contribution in [1.82, 2.24) is 5.32 Å². The SMILES string of the molecule is Cc1ccc([C@H](C)NC(=O)COC(=O)CSc2ccccc2F)cc1C. The number of amides is 1. The number of ether oxygens (including phenoxy) is 1. The van der Waals surface area contributed by atoms with Crippen LogP contribution in [0.4, 0.5) is 4.39 Å². The average molecular weight is 375 g/mol. The highest BCUT2D eigenvalue weighted by Gasteiger charge is 2.13. The summed E-state index contributed by atoms with van der Waals surface area (Å²) in [5, 5.41) is 2.80. The Hall–Kier alpha value is -2.34. The van der Waals surface area contributed by atoms with Crippen molar-refractivity contribution >= 4 is 23.6 Å². The lowest BCUT2D eigenvalue weighted by Crippen LogP contribution is -2.31. The van der Waals surface area contributed by atoms with E-state index in [1.165, 1.54) is 11.6 Å². The summed E-state index contributed by atoms with van der Waals surface area (Å²) in [7, 11) is 0. The maximum absolute atomic E-state index is 13.5. The Bertz CT molecular complexity index is 794. The minimum absolute atomic E-state index is 0.0546. The summed E-state index contributed by atoms with van der Waals surface area (Å²) >= 11 is 1.04. The van der Waals surface area contributed by atoms with Crippen LogP contribution in [-0.4, -0.2) is 24.2 Å². The molecule has 26 heavy (non-hydrogen) atoms. The molecule has 0 spiro atoms. The lowest BCUT2D eigenvalue weighted by molar-refractivity contribution is -0.146. The Balaban J connectivity index is 1.76. The first-order valence-corrected chi connectivity index (χ1v) is 9.25. The first-order valence-electron chi connectivity index (χ1n) is 8.26. The fraction of sp³-hybridized carbons (Fsp3) is 0.300. The van der Waals surface area contributed by atoms with Crippen molar-refractivity contribution < 1.29 is 18.7 Å². The van der Waals surface area contributed by atoms with Gasteiger partial charge in [0, 0.05) is 4.90 Å². The van der Waals surface area contributed by atoms with Gasteiger partial charge in [-0.25, -0.2) is 4.39 Å². The molecule has 0 saturated heterocycles. The number of rotatable bonds is 7. The molecule has 1 amide bonds. The second-order valence-electron chi connectivity index (χ2n) is 6.01. The number of hydrogen-bond acceptors (Lipinski definition) is 4. The molecule has 0 heterocycles. The fourth-order valence-electron chi connectivity index (χ4n) is 2.29. The number of benzene rings is 2. The Morgan fingerprint density at radius 2 is 1.88 bits per heavy atom. The van der Waals surface area contributed by atoms with Gasteiger partial charge in [-0.15, -0.1) is 11.8 Å². The van der Waals surface area contributed by atoms with E-state index >= 15 is 0 Å². The van der Waals surface area contributed by atoms with Crippen LogP contribution in [-0.2, 0) is 14.3 Å². The first kappa shape index (κ1) is 20.0. The number of hydrogen-bond donors (Lipinski definition) is 1. The molecule has 0 aromatic heterocycles. The largest absolute Gasteiger partial charge is 0.455 e. The summed E-state index contributed by atoms with van der Waals surface area (Å²) < 4.78 is 18.4. The van der Waals surface area contributed by atoms with E-state index in [9.17, 15) is 14.0 Å².